The molecule has 1 N–H and O–H groups in total. The van der Waals surface area contributed by atoms with Gasteiger partial charge in [-0.25, -0.2) is 4.79 Å². The molecule has 7 nitrogen and oxygen atoms in total. The minimum Gasteiger partial charge on any atom is -0.496 e. The number of rotatable bonds is 6. The molecule has 0 unspecified atom stereocenters. The summed E-state index contributed by atoms with van der Waals surface area (Å²) >= 11 is 3.41. The molecule has 1 aliphatic heterocycles. The largest absolute Gasteiger partial charge is 0.496 e. The lowest BCUT2D eigenvalue weighted by atomic mass is 10.1. The van der Waals surface area contributed by atoms with Crippen molar-refractivity contribution in [2.24, 2.45) is 0 Å². The van der Waals surface area contributed by atoms with Crippen molar-refractivity contribution in [3.63, 3.8) is 0 Å². The molecule has 1 amide bonds. The molecule has 1 saturated heterocycles. The molecule has 0 atom stereocenters. The van der Waals surface area contributed by atoms with Gasteiger partial charge in [-0.15, -0.1) is 0 Å². The van der Waals surface area contributed by atoms with Crippen LogP contribution in [0.1, 0.15) is 15.9 Å². The van der Waals surface area contributed by atoms with Crippen molar-refractivity contribution in [2.75, 3.05) is 50.7 Å². The van der Waals surface area contributed by atoms with E-state index in [-0.39, 0.29) is 5.91 Å². The van der Waals surface area contributed by atoms with Gasteiger partial charge in [-0.3, -0.25) is 4.79 Å². The van der Waals surface area contributed by atoms with Gasteiger partial charge in [0.25, 0.3) is 0 Å². The van der Waals surface area contributed by atoms with E-state index in [1.54, 1.807) is 31.4 Å². The first-order chi connectivity index (χ1) is 14.5. The summed E-state index contributed by atoms with van der Waals surface area (Å²) in [6, 6.07) is 10.8. The maximum Gasteiger partial charge on any atom is 0.340 e. The topological polar surface area (TPSA) is 77.1 Å². The molecule has 0 aromatic heterocycles. The summed E-state index contributed by atoms with van der Waals surface area (Å²) in [4.78, 5) is 26.9. The first-order valence-electron chi connectivity index (χ1n) is 9.39. The summed E-state index contributed by atoms with van der Waals surface area (Å²) in [6.07, 6.45) is 3.04. The minimum absolute atomic E-state index is 0.295. The van der Waals surface area contributed by atoms with E-state index in [1.165, 1.54) is 13.2 Å². The number of hydrogen-bond acceptors (Lipinski definition) is 6. The fraction of sp³-hybridized carbons (Fsp3) is 0.273. The molecular weight excluding hydrogens is 452 g/mol. The van der Waals surface area contributed by atoms with Crippen LogP contribution in [-0.4, -0.2) is 52.4 Å². The van der Waals surface area contributed by atoms with Gasteiger partial charge in [-0.2, -0.15) is 0 Å². The quantitative estimate of drug-likeness (QED) is 0.507. The van der Waals surface area contributed by atoms with Gasteiger partial charge in [0, 0.05) is 34.9 Å². The molecule has 0 bridgehead atoms. The number of carbonyl (C=O) groups excluding carboxylic acids is 2. The van der Waals surface area contributed by atoms with Crippen molar-refractivity contribution >= 4 is 45.3 Å². The highest BCUT2D eigenvalue weighted by Gasteiger charge is 2.18. The Kier molecular flexibility index (Phi) is 7.48. The Labute approximate surface area is 183 Å². The molecule has 3 rings (SSSR count). The summed E-state index contributed by atoms with van der Waals surface area (Å²) in [5, 5.41) is 2.76. The Balaban J connectivity index is 1.80. The number of morpholine rings is 1. The zero-order valence-corrected chi connectivity index (χ0v) is 18.4. The van der Waals surface area contributed by atoms with Crippen molar-refractivity contribution in [3.8, 4) is 5.75 Å². The van der Waals surface area contributed by atoms with E-state index >= 15 is 0 Å². The number of amides is 1. The number of nitrogens with one attached hydrogen (secondary N) is 1. The van der Waals surface area contributed by atoms with Crippen LogP contribution in [0.2, 0.25) is 0 Å². The molecular formula is C22H23BrN2O5. The molecule has 2 aromatic rings. The summed E-state index contributed by atoms with van der Waals surface area (Å²) in [5.41, 5.74) is 2.31. The van der Waals surface area contributed by atoms with Gasteiger partial charge in [0.15, 0.2) is 0 Å². The van der Waals surface area contributed by atoms with Crippen molar-refractivity contribution in [1.29, 1.82) is 0 Å². The lowest BCUT2D eigenvalue weighted by molar-refractivity contribution is -0.111. The highest BCUT2D eigenvalue weighted by molar-refractivity contribution is 9.10. The first-order valence-corrected chi connectivity index (χ1v) is 10.2. The Morgan fingerprint density at radius 1 is 1.13 bits per heavy atom. The van der Waals surface area contributed by atoms with E-state index < -0.39 is 5.97 Å². The summed E-state index contributed by atoms with van der Waals surface area (Å²) in [7, 11) is 2.88. The molecule has 8 heteroatoms. The molecule has 30 heavy (non-hydrogen) atoms. The highest BCUT2D eigenvalue weighted by atomic mass is 79.9. The van der Waals surface area contributed by atoms with Crippen molar-refractivity contribution in [1.82, 2.24) is 0 Å². The predicted molar refractivity (Wildman–Crippen MR) is 119 cm³/mol. The smallest absolute Gasteiger partial charge is 0.340 e. The molecule has 0 saturated carbocycles. The normalized spacial score (nSPS) is 13.9. The van der Waals surface area contributed by atoms with E-state index in [4.69, 9.17) is 14.2 Å². The highest BCUT2D eigenvalue weighted by Crippen LogP contribution is 2.26. The van der Waals surface area contributed by atoms with Crippen molar-refractivity contribution in [3.05, 3.63) is 58.1 Å². The average molecular weight is 475 g/mol. The van der Waals surface area contributed by atoms with E-state index in [2.05, 4.69) is 26.1 Å². The number of methoxy groups -OCH3 is 2. The molecule has 0 radical (unpaired) electrons. The maximum atomic E-state index is 12.5. The molecule has 1 heterocycles. The molecule has 0 spiro atoms. The zero-order chi connectivity index (χ0) is 21.5. The van der Waals surface area contributed by atoms with Crippen LogP contribution in [0.4, 0.5) is 11.4 Å². The zero-order valence-electron chi connectivity index (χ0n) is 16.8. The van der Waals surface area contributed by atoms with Crippen LogP contribution < -0.4 is 15.0 Å². The van der Waals surface area contributed by atoms with E-state index in [0.717, 1.165) is 28.8 Å². The fourth-order valence-corrected chi connectivity index (χ4v) is 3.49. The van der Waals surface area contributed by atoms with E-state index in [1.807, 2.05) is 18.2 Å². The van der Waals surface area contributed by atoms with Gasteiger partial charge in [0.05, 0.1) is 38.7 Å². The SMILES string of the molecule is COC(=O)c1cc(N2CCOCC2)ccc1NC(=O)/C=C/c1cc(Br)ccc1OC. The lowest BCUT2D eigenvalue weighted by Gasteiger charge is -2.29. The second-order valence-electron chi connectivity index (χ2n) is 6.53. The average Bonchev–Trinajstić information content (AvgIpc) is 2.78. The predicted octanol–water partition coefficient (Wildman–Crippen LogP) is 3.73. The maximum absolute atomic E-state index is 12.5. The van der Waals surface area contributed by atoms with Crippen LogP contribution in [0.3, 0.4) is 0 Å². The van der Waals surface area contributed by atoms with Crippen LogP contribution in [0, 0.1) is 0 Å². The lowest BCUT2D eigenvalue weighted by Crippen LogP contribution is -2.36. The van der Waals surface area contributed by atoms with Crippen molar-refractivity contribution < 1.29 is 23.8 Å². The van der Waals surface area contributed by atoms with Crippen molar-refractivity contribution in [2.45, 2.75) is 0 Å². The van der Waals surface area contributed by atoms with Crippen LogP contribution >= 0.6 is 15.9 Å². The van der Waals surface area contributed by atoms with E-state index in [0.29, 0.717) is 30.2 Å². The fourth-order valence-electron chi connectivity index (χ4n) is 3.11. The van der Waals surface area contributed by atoms with Gasteiger partial charge >= 0.3 is 5.97 Å². The Morgan fingerprint density at radius 2 is 1.90 bits per heavy atom. The van der Waals surface area contributed by atoms with Gasteiger partial charge in [-0.05, 0) is 42.5 Å². The van der Waals surface area contributed by atoms with Crippen LogP contribution in [0.5, 0.6) is 5.75 Å². The van der Waals surface area contributed by atoms with Crippen LogP contribution in [0.25, 0.3) is 6.08 Å². The third-order valence-corrected chi connectivity index (χ3v) is 5.14. The number of halogens is 1. The second-order valence-corrected chi connectivity index (χ2v) is 7.45. The molecule has 1 aliphatic rings. The number of anilines is 2. The first kappa shape index (κ1) is 21.9. The van der Waals surface area contributed by atoms with Gasteiger partial charge in [-0.1, -0.05) is 15.9 Å². The second kappa shape index (κ2) is 10.3. The van der Waals surface area contributed by atoms with Crippen LogP contribution in [0.15, 0.2) is 46.9 Å². The molecule has 0 aliphatic carbocycles. The number of benzene rings is 2. The van der Waals surface area contributed by atoms with Gasteiger partial charge in [0.2, 0.25) is 5.91 Å². The summed E-state index contributed by atoms with van der Waals surface area (Å²) < 4.78 is 16.5. The molecule has 1 fully saturated rings. The Morgan fingerprint density at radius 3 is 2.60 bits per heavy atom. The van der Waals surface area contributed by atoms with Crippen LogP contribution in [-0.2, 0) is 14.3 Å². The minimum atomic E-state index is -0.516. The number of esters is 1. The number of carbonyl (C=O) groups is 2. The Hall–Kier alpha value is -2.84. The standard InChI is InChI=1S/C22H23BrN2O5/c1-28-20-7-4-16(23)13-15(20)3-8-21(26)24-19-6-5-17(14-18(19)22(27)29-2)25-9-11-30-12-10-25/h3-8,13-14H,9-12H2,1-2H3,(H,24,26)/b8-3+. The number of ether oxygens (including phenoxy) is 3. The third-order valence-electron chi connectivity index (χ3n) is 4.65. The third kappa shape index (κ3) is 5.40. The van der Waals surface area contributed by atoms with Gasteiger partial charge < -0.3 is 24.4 Å². The number of hydrogen-bond donors (Lipinski definition) is 1. The molecule has 2 aromatic carbocycles. The van der Waals surface area contributed by atoms with Gasteiger partial charge in [0.1, 0.15) is 5.75 Å². The monoisotopic (exact) mass is 474 g/mol. The Bertz CT molecular complexity index is 955. The van der Waals surface area contributed by atoms with E-state index in [9.17, 15) is 9.59 Å². The summed E-state index contributed by atoms with van der Waals surface area (Å²) in [6.45, 7) is 2.75. The molecule has 158 valence electrons. The number of nitrogens with zero attached hydrogens (tertiary/aromatic N) is 1. The summed E-state index contributed by atoms with van der Waals surface area (Å²) in [5.74, 6) is -0.244.